The van der Waals surface area contributed by atoms with Gasteiger partial charge < -0.3 is 20.1 Å². The number of rotatable bonds is 8. The molecule has 0 spiro atoms. The summed E-state index contributed by atoms with van der Waals surface area (Å²) in [4.78, 5) is 25.3. The van der Waals surface area contributed by atoms with Crippen LogP contribution in [0.2, 0.25) is 0 Å². The fourth-order valence-electron chi connectivity index (χ4n) is 2.97. The molecular weight excluding hydrogens is 356 g/mol. The molecule has 0 aromatic heterocycles. The number of anilines is 1. The number of hydrogen-bond donors (Lipinski definition) is 2. The molecule has 0 saturated heterocycles. The minimum Gasteiger partial charge on any atom is -0.497 e. The van der Waals surface area contributed by atoms with Crippen molar-refractivity contribution in [3.63, 3.8) is 0 Å². The second-order valence-corrected chi connectivity index (χ2v) is 7.13. The molecule has 2 amide bonds. The first-order valence-electron chi connectivity index (χ1n) is 9.38. The van der Waals surface area contributed by atoms with Crippen LogP contribution in [0.15, 0.2) is 42.5 Å². The molecule has 3 rings (SSSR count). The van der Waals surface area contributed by atoms with Gasteiger partial charge >= 0.3 is 0 Å². The third-order valence-corrected chi connectivity index (χ3v) is 4.98. The van der Waals surface area contributed by atoms with E-state index in [1.54, 1.807) is 19.2 Å². The van der Waals surface area contributed by atoms with E-state index in [2.05, 4.69) is 10.6 Å². The van der Waals surface area contributed by atoms with Crippen LogP contribution in [0.25, 0.3) is 0 Å². The molecule has 6 heteroatoms. The van der Waals surface area contributed by atoms with Crippen LogP contribution in [0.4, 0.5) is 5.69 Å². The van der Waals surface area contributed by atoms with Crippen molar-refractivity contribution in [3.05, 3.63) is 53.6 Å². The maximum absolute atomic E-state index is 12.7. The van der Waals surface area contributed by atoms with Crippen LogP contribution >= 0.6 is 0 Å². The molecule has 1 saturated carbocycles. The molecule has 2 aromatic rings. The summed E-state index contributed by atoms with van der Waals surface area (Å²) in [6.07, 6.45) is 1.13. The SMILES string of the molecule is COc1ccc(OCCNC(=O)C2(C(=O)Nc3cc(C)ccc3C)CC2)cc1. The van der Waals surface area contributed by atoms with Gasteiger partial charge in [0.1, 0.15) is 23.5 Å². The Hall–Kier alpha value is -3.02. The number of methoxy groups -OCH3 is 1. The van der Waals surface area contributed by atoms with Gasteiger partial charge in [0.25, 0.3) is 0 Å². The van der Waals surface area contributed by atoms with Crippen LogP contribution in [-0.2, 0) is 9.59 Å². The van der Waals surface area contributed by atoms with E-state index < -0.39 is 5.41 Å². The first-order valence-corrected chi connectivity index (χ1v) is 9.38. The van der Waals surface area contributed by atoms with Gasteiger partial charge in [0.15, 0.2) is 0 Å². The maximum Gasteiger partial charge on any atom is 0.240 e. The fourth-order valence-corrected chi connectivity index (χ4v) is 2.97. The molecule has 0 radical (unpaired) electrons. The second kappa shape index (κ2) is 8.33. The lowest BCUT2D eigenvalue weighted by Gasteiger charge is -2.17. The summed E-state index contributed by atoms with van der Waals surface area (Å²) in [5.41, 5.74) is 1.83. The van der Waals surface area contributed by atoms with E-state index in [9.17, 15) is 9.59 Å². The minimum atomic E-state index is -0.962. The molecule has 0 bridgehead atoms. The van der Waals surface area contributed by atoms with E-state index in [0.717, 1.165) is 22.6 Å². The normalized spacial score (nSPS) is 14.1. The number of amides is 2. The van der Waals surface area contributed by atoms with Crippen molar-refractivity contribution >= 4 is 17.5 Å². The number of hydrogen-bond acceptors (Lipinski definition) is 4. The topological polar surface area (TPSA) is 76.7 Å². The Morgan fingerprint density at radius 3 is 2.32 bits per heavy atom. The van der Waals surface area contributed by atoms with Crippen LogP contribution in [0.3, 0.4) is 0 Å². The Labute approximate surface area is 165 Å². The predicted octanol–water partition coefficient (Wildman–Crippen LogP) is 3.23. The summed E-state index contributed by atoms with van der Waals surface area (Å²) in [6, 6.07) is 13.1. The van der Waals surface area contributed by atoms with E-state index in [1.165, 1.54) is 0 Å². The molecule has 6 nitrogen and oxygen atoms in total. The lowest BCUT2D eigenvalue weighted by Crippen LogP contribution is -2.41. The third-order valence-electron chi connectivity index (χ3n) is 4.98. The Morgan fingerprint density at radius 2 is 1.68 bits per heavy atom. The van der Waals surface area contributed by atoms with E-state index in [-0.39, 0.29) is 11.8 Å². The van der Waals surface area contributed by atoms with Crippen molar-refractivity contribution < 1.29 is 19.1 Å². The zero-order chi connectivity index (χ0) is 20.1. The Morgan fingerprint density at radius 1 is 1.00 bits per heavy atom. The highest BCUT2D eigenvalue weighted by Crippen LogP contribution is 2.47. The smallest absolute Gasteiger partial charge is 0.240 e. The predicted molar refractivity (Wildman–Crippen MR) is 108 cm³/mol. The van der Waals surface area contributed by atoms with Crippen molar-refractivity contribution in [3.8, 4) is 11.5 Å². The molecule has 0 heterocycles. The van der Waals surface area contributed by atoms with Gasteiger partial charge in [0, 0.05) is 5.69 Å². The zero-order valence-electron chi connectivity index (χ0n) is 16.5. The van der Waals surface area contributed by atoms with Crippen LogP contribution in [0.5, 0.6) is 11.5 Å². The average molecular weight is 382 g/mol. The van der Waals surface area contributed by atoms with Crippen LogP contribution in [0, 0.1) is 19.3 Å². The van der Waals surface area contributed by atoms with Gasteiger partial charge in [-0.2, -0.15) is 0 Å². The van der Waals surface area contributed by atoms with Crippen LogP contribution in [-0.4, -0.2) is 32.1 Å². The summed E-state index contributed by atoms with van der Waals surface area (Å²) in [6.45, 7) is 4.57. The Bertz CT molecular complexity index is 857. The number of benzene rings is 2. The highest BCUT2D eigenvalue weighted by molar-refractivity contribution is 6.13. The lowest BCUT2D eigenvalue weighted by molar-refractivity contribution is -0.134. The van der Waals surface area contributed by atoms with Crippen LogP contribution < -0.4 is 20.1 Å². The largest absolute Gasteiger partial charge is 0.497 e. The maximum atomic E-state index is 12.7. The van der Waals surface area contributed by atoms with Gasteiger partial charge in [-0.1, -0.05) is 12.1 Å². The van der Waals surface area contributed by atoms with Crippen molar-refractivity contribution in [2.24, 2.45) is 5.41 Å². The highest BCUT2D eigenvalue weighted by Gasteiger charge is 2.56. The van der Waals surface area contributed by atoms with E-state index in [0.29, 0.717) is 31.7 Å². The molecule has 0 atom stereocenters. The monoisotopic (exact) mass is 382 g/mol. The summed E-state index contributed by atoms with van der Waals surface area (Å²) < 4.78 is 10.7. The number of nitrogens with one attached hydrogen (secondary N) is 2. The van der Waals surface area contributed by atoms with Crippen molar-refractivity contribution in [2.75, 3.05) is 25.6 Å². The number of ether oxygens (including phenoxy) is 2. The van der Waals surface area contributed by atoms with Gasteiger partial charge in [-0.15, -0.1) is 0 Å². The number of aryl methyl sites for hydroxylation is 2. The molecule has 28 heavy (non-hydrogen) atoms. The number of carbonyl (C=O) groups excluding carboxylic acids is 2. The number of carbonyl (C=O) groups is 2. The molecule has 1 fully saturated rings. The van der Waals surface area contributed by atoms with E-state index in [4.69, 9.17) is 9.47 Å². The lowest BCUT2D eigenvalue weighted by atomic mass is 10.0. The summed E-state index contributed by atoms with van der Waals surface area (Å²) in [5, 5.41) is 5.74. The Balaban J connectivity index is 1.49. The van der Waals surface area contributed by atoms with E-state index in [1.807, 2.05) is 44.2 Å². The first kappa shape index (κ1) is 19.7. The molecular formula is C22H26N2O4. The molecule has 2 N–H and O–H groups in total. The quantitative estimate of drug-likeness (QED) is 0.543. The molecule has 1 aliphatic rings. The average Bonchev–Trinajstić information content (AvgIpc) is 3.50. The van der Waals surface area contributed by atoms with Gasteiger partial charge in [-0.3, -0.25) is 9.59 Å². The summed E-state index contributed by atoms with van der Waals surface area (Å²) in [7, 11) is 1.61. The van der Waals surface area contributed by atoms with Gasteiger partial charge in [-0.25, -0.2) is 0 Å². The first-order chi connectivity index (χ1) is 13.4. The molecule has 0 unspecified atom stereocenters. The van der Waals surface area contributed by atoms with Gasteiger partial charge in [-0.05, 0) is 68.1 Å². The standard InChI is InChI=1S/C22H26N2O4/c1-15-4-5-16(2)19(14-15)24-21(26)22(10-11-22)20(25)23-12-13-28-18-8-6-17(27-3)7-9-18/h4-9,14H,10-13H2,1-3H3,(H,23,25)(H,24,26). The van der Waals surface area contributed by atoms with Gasteiger partial charge in [0.2, 0.25) is 11.8 Å². The third kappa shape index (κ3) is 4.44. The molecule has 148 valence electrons. The van der Waals surface area contributed by atoms with Crippen molar-refractivity contribution in [2.45, 2.75) is 26.7 Å². The highest BCUT2D eigenvalue weighted by atomic mass is 16.5. The second-order valence-electron chi connectivity index (χ2n) is 7.13. The molecule has 0 aliphatic heterocycles. The zero-order valence-corrected chi connectivity index (χ0v) is 16.5. The van der Waals surface area contributed by atoms with Crippen molar-refractivity contribution in [1.29, 1.82) is 0 Å². The fraction of sp³-hybridized carbons (Fsp3) is 0.364. The molecule has 2 aromatic carbocycles. The van der Waals surface area contributed by atoms with E-state index >= 15 is 0 Å². The Kier molecular flexibility index (Phi) is 5.87. The van der Waals surface area contributed by atoms with Crippen molar-refractivity contribution in [1.82, 2.24) is 5.32 Å². The minimum absolute atomic E-state index is 0.241. The molecule has 1 aliphatic carbocycles. The summed E-state index contributed by atoms with van der Waals surface area (Å²) in [5.74, 6) is 0.971. The van der Waals surface area contributed by atoms with Gasteiger partial charge in [0.05, 0.1) is 13.7 Å². The summed E-state index contributed by atoms with van der Waals surface area (Å²) >= 11 is 0. The van der Waals surface area contributed by atoms with Crippen LogP contribution in [0.1, 0.15) is 24.0 Å².